The van der Waals surface area contributed by atoms with Crippen LogP contribution in [0.15, 0.2) is 59.2 Å². The van der Waals surface area contributed by atoms with Crippen LogP contribution in [0.5, 0.6) is 11.6 Å². The Labute approximate surface area is 188 Å². The van der Waals surface area contributed by atoms with Crippen LogP contribution in [0, 0.1) is 0 Å². The number of anilines is 2. The molecule has 0 spiro atoms. The van der Waals surface area contributed by atoms with Crippen molar-refractivity contribution in [1.82, 2.24) is 15.3 Å². The fourth-order valence-electron chi connectivity index (χ4n) is 2.46. The Kier molecular flexibility index (Phi) is 6.93. The Hall–Kier alpha value is -3.67. The summed E-state index contributed by atoms with van der Waals surface area (Å²) in [5, 5.41) is 7.26. The molecule has 0 bridgehead atoms. The van der Waals surface area contributed by atoms with Gasteiger partial charge in [0.2, 0.25) is 11.7 Å². The summed E-state index contributed by atoms with van der Waals surface area (Å²) < 4.78 is 44.4. The lowest BCUT2D eigenvalue weighted by molar-refractivity contribution is -0.138. The van der Waals surface area contributed by atoms with Crippen LogP contribution in [0.25, 0.3) is 0 Å². The van der Waals surface area contributed by atoms with Crippen molar-refractivity contribution < 1.29 is 27.5 Å². The van der Waals surface area contributed by atoms with Gasteiger partial charge in [-0.25, -0.2) is 9.78 Å². The number of hydrogen-bond acceptors (Lipinski definition) is 5. The highest BCUT2D eigenvalue weighted by atomic mass is 79.9. The van der Waals surface area contributed by atoms with E-state index in [1.807, 2.05) is 0 Å². The Bertz CT molecular complexity index is 1140. The van der Waals surface area contributed by atoms with Gasteiger partial charge in [0.25, 0.3) is 5.91 Å². The van der Waals surface area contributed by atoms with E-state index in [2.05, 4.69) is 41.8 Å². The van der Waals surface area contributed by atoms with E-state index in [-0.39, 0.29) is 21.9 Å². The van der Waals surface area contributed by atoms with E-state index in [0.29, 0.717) is 11.4 Å². The van der Waals surface area contributed by atoms with E-state index in [1.54, 1.807) is 12.1 Å². The number of alkyl halides is 3. The van der Waals surface area contributed by atoms with E-state index in [1.165, 1.54) is 43.6 Å². The molecule has 32 heavy (non-hydrogen) atoms. The van der Waals surface area contributed by atoms with Crippen molar-refractivity contribution in [1.29, 1.82) is 0 Å². The van der Waals surface area contributed by atoms with Gasteiger partial charge in [0, 0.05) is 35.2 Å². The minimum Gasteiger partial charge on any atom is -0.439 e. The lowest BCUT2D eigenvalue weighted by atomic mass is 10.2. The number of ether oxygens (including phenoxy) is 1. The maximum absolute atomic E-state index is 13.0. The average molecular weight is 510 g/mol. The predicted octanol–water partition coefficient (Wildman–Crippen LogP) is 5.05. The summed E-state index contributed by atoms with van der Waals surface area (Å²) in [5.41, 5.74) is -0.550. The Balaban J connectivity index is 1.62. The summed E-state index contributed by atoms with van der Waals surface area (Å²) in [6.07, 6.45) is -3.19. The molecule has 3 N–H and O–H groups in total. The van der Waals surface area contributed by atoms with E-state index >= 15 is 0 Å². The molecule has 0 radical (unpaired) electrons. The lowest BCUT2D eigenvalue weighted by Crippen LogP contribution is -2.20. The first-order valence-electron chi connectivity index (χ1n) is 8.93. The molecule has 0 saturated carbocycles. The second-order valence-corrected chi connectivity index (χ2v) is 7.05. The summed E-state index contributed by atoms with van der Waals surface area (Å²) >= 11 is 2.84. The smallest absolute Gasteiger partial charge is 0.417 e. The van der Waals surface area contributed by atoms with Gasteiger partial charge in [-0.3, -0.25) is 4.79 Å². The topological polar surface area (TPSA) is 105 Å². The highest BCUT2D eigenvalue weighted by molar-refractivity contribution is 9.10. The van der Waals surface area contributed by atoms with E-state index in [9.17, 15) is 22.8 Å². The molecular weight excluding hydrogens is 495 g/mol. The van der Waals surface area contributed by atoms with Gasteiger partial charge in [-0.2, -0.15) is 18.2 Å². The van der Waals surface area contributed by atoms with Crippen molar-refractivity contribution in [3.05, 3.63) is 70.6 Å². The van der Waals surface area contributed by atoms with Crippen LogP contribution < -0.4 is 20.7 Å². The van der Waals surface area contributed by atoms with Crippen LogP contribution in [0.1, 0.15) is 16.2 Å². The van der Waals surface area contributed by atoms with Crippen molar-refractivity contribution in [2.24, 2.45) is 0 Å². The van der Waals surface area contributed by atoms with Gasteiger partial charge >= 0.3 is 12.2 Å². The molecule has 3 rings (SSSR count). The van der Waals surface area contributed by atoms with Gasteiger partial charge in [-0.15, -0.1) is 0 Å². The molecular formula is C20H15BrF3N5O3. The van der Waals surface area contributed by atoms with E-state index in [0.717, 1.165) is 6.07 Å². The van der Waals surface area contributed by atoms with E-state index in [4.69, 9.17) is 4.74 Å². The van der Waals surface area contributed by atoms with Crippen molar-refractivity contribution >= 4 is 39.2 Å². The molecule has 8 nitrogen and oxygen atoms in total. The number of carbonyl (C=O) groups excluding carboxylic acids is 2. The van der Waals surface area contributed by atoms with Crippen molar-refractivity contribution in [2.75, 3.05) is 17.7 Å². The number of halogens is 4. The summed E-state index contributed by atoms with van der Waals surface area (Å²) in [7, 11) is 1.45. The number of hydrogen-bond donors (Lipinski definition) is 3. The molecule has 0 aliphatic rings. The maximum atomic E-state index is 13.0. The zero-order valence-corrected chi connectivity index (χ0v) is 17.9. The molecule has 0 unspecified atom stereocenters. The second kappa shape index (κ2) is 9.64. The fourth-order valence-corrected chi connectivity index (χ4v) is 2.93. The summed E-state index contributed by atoms with van der Waals surface area (Å²) in [4.78, 5) is 31.5. The SMILES string of the molecule is CNC(=O)c1nccc(Oc2ccc(NC(=O)Nc3ccc(Br)c(C(F)(F)F)c3)cc2)n1. The molecule has 0 saturated heterocycles. The summed E-state index contributed by atoms with van der Waals surface area (Å²) in [5.74, 6) is 0.00345. The highest BCUT2D eigenvalue weighted by Crippen LogP contribution is 2.36. The second-order valence-electron chi connectivity index (χ2n) is 6.20. The van der Waals surface area contributed by atoms with Gasteiger partial charge in [0.1, 0.15) is 5.75 Å². The zero-order chi connectivity index (χ0) is 23.3. The first-order valence-corrected chi connectivity index (χ1v) is 9.73. The van der Waals surface area contributed by atoms with Gasteiger partial charge < -0.3 is 20.7 Å². The first-order chi connectivity index (χ1) is 15.2. The molecule has 166 valence electrons. The average Bonchev–Trinajstić information content (AvgIpc) is 2.75. The van der Waals surface area contributed by atoms with Crippen LogP contribution in [0.3, 0.4) is 0 Å². The van der Waals surface area contributed by atoms with Gasteiger partial charge in [-0.1, -0.05) is 15.9 Å². The minimum absolute atomic E-state index is 0.0198. The van der Waals surface area contributed by atoms with Crippen LogP contribution in [-0.4, -0.2) is 29.0 Å². The van der Waals surface area contributed by atoms with Gasteiger partial charge in [0.05, 0.1) is 5.56 Å². The van der Waals surface area contributed by atoms with Crippen LogP contribution in [-0.2, 0) is 6.18 Å². The number of nitrogens with one attached hydrogen (secondary N) is 3. The Morgan fingerprint density at radius 1 is 1.00 bits per heavy atom. The number of rotatable bonds is 5. The third-order valence-electron chi connectivity index (χ3n) is 3.92. The van der Waals surface area contributed by atoms with Crippen molar-refractivity contribution in [2.45, 2.75) is 6.18 Å². The normalized spacial score (nSPS) is 10.9. The molecule has 2 aromatic carbocycles. The Morgan fingerprint density at radius 2 is 1.66 bits per heavy atom. The molecule has 1 aromatic heterocycles. The quantitative estimate of drug-likeness (QED) is 0.446. The maximum Gasteiger partial charge on any atom is 0.417 e. The standard InChI is InChI=1S/C20H15BrF3N5O3/c1-25-18(30)17-26-9-8-16(29-17)32-13-5-2-11(3-6-13)27-19(31)28-12-4-7-15(21)14(10-12)20(22,23)24/h2-10H,1H3,(H,25,30)(H2,27,28,31). The van der Waals surface area contributed by atoms with Crippen molar-refractivity contribution in [3.63, 3.8) is 0 Å². The van der Waals surface area contributed by atoms with Crippen LogP contribution in [0.4, 0.5) is 29.3 Å². The summed E-state index contributed by atoms with van der Waals surface area (Å²) in [6, 6.07) is 10.3. The minimum atomic E-state index is -4.56. The highest BCUT2D eigenvalue weighted by Gasteiger charge is 2.33. The number of carbonyl (C=O) groups is 2. The molecule has 3 aromatic rings. The molecule has 0 aliphatic heterocycles. The molecule has 12 heteroatoms. The van der Waals surface area contributed by atoms with Crippen molar-refractivity contribution in [3.8, 4) is 11.6 Å². The van der Waals surface area contributed by atoms with Crippen LogP contribution in [0.2, 0.25) is 0 Å². The number of amides is 3. The number of aromatic nitrogens is 2. The number of nitrogens with zero attached hydrogens (tertiary/aromatic N) is 2. The zero-order valence-electron chi connectivity index (χ0n) is 16.3. The lowest BCUT2D eigenvalue weighted by Gasteiger charge is -2.13. The fraction of sp³-hybridized carbons (Fsp3) is 0.100. The Morgan fingerprint density at radius 3 is 2.31 bits per heavy atom. The summed E-state index contributed by atoms with van der Waals surface area (Å²) in [6.45, 7) is 0. The van der Waals surface area contributed by atoms with Gasteiger partial charge in [-0.05, 0) is 42.5 Å². The van der Waals surface area contributed by atoms with E-state index < -0.39 is 23.7 Å². The predicted molar refractivity (Wildman–Crippen MR) is 114 cm³/mol. The molecule has 0 aliphatic carbocycles. The third kappa shape index (κ3) is 5.94. The largest absolute Gasteiger partial charge is 0.439 e. The molecule has 0 fully saturated rings. The number of urea groups is 1. The van der Waals surface area contributed by atoms with Crippen LogP contribution >= 0.6 is 15.9 Å². The monoisotopic (exact) mass is 509 g/mol. The van der Waals surface area contributed by atoms with Gasteiger partial charge in [0.15, 0.2) is 0 Å². The molecule has 1 heterocycles. The third-order valence-corrected chi connectivity index (χ3v) is 4.62. The molecule has 0 atom stereocenters. The first kappa shape index (κ1) is 23.0. The number of benzene rings is 2. The molecule has 3 amide bonds.